The van der Waals surface area contributed by atoms with Gasteiger partial charge in [0.05, 0.1) is 6.20 Å². The number of ether oxygens (including phenoxy) is 1. The molecule has 7 heteroatoms. The maximum atomic E-state index is 12.7. The van der Waals surface area contributed by atoms with Crippen LogP contribution >= 0.6 is 0 Å². The van der Waals surface area contributed by atoms with Crippen molar-refractivity contribution in [1.29, 1.82) is 0 Å². The van der Waals surface area contributed by atoms with Crippen LogP contribution in [0.2, 0.25) is 0 Å². The van der Waals surface area contributed by atoms with Crippen molar-refractivity contribution >= 4 is 5.91 Å². The van der Waals surface area contributed by atoms with E-state index in [2.05, 4.69) is 15.3 Å². The summed E-state index contributed by atoms with van der Waals surface area (Å²) in [6.45, 7) is 0.567. The number of hydrogen-bond donors (Lipinski definition) is 2. The van der Waals surface area contributed by atoms with Gasteiger partial charge in [0, 0.05) is 6.61 Å². The number of amides is 1. The van der Waals surface area contributed by atoms with Crippen molar-refractivity contribution in [1.82, 2.24) is 15.3 Å². The predicted molar refractivity (Wildman–Crippen MR) is 51.3 cm³/mol. The molecular weight excluding hydrogens is 217 g/mol. The molecule has 2 N–H and O–H groups in total. The Morgan fingerprint density at radius 1 is 1.69 bits per heavy atom. The minimum Gasteiger partial charge on any atom is -0.359 e. The van der Waals surface area contributed by atoms with E-state index in [9.17, 15) is 14.0 Å². The summed E-state index contributed by atoms with van der Waals surface area (Å²) in [5, 5.41) is 2.45. The van der Waals surface area contributed by atoms with Gasteiger partial charge in [-0.2, -0.15) is 4.39 Å². The number of nitrogens with zero attached hydrogens (tertiary/aromatic N) is 1. The number of H-pyrrole nitrogens is 1. The number of hydrogen-bond acceptors (Lipinski definition) is 4. The second-order valence-corrected chi connectivity index (χ2v) is 3.38. The van der Waals surface area contributed by atoms with Gasteiger partial charge in [0.2, 0.25) is 5.95 Å². The van der Waals surface area contributed by atoms with Crippen LogP contribution in [0.5, 0.6) is 0 Å². The number of carbonyl (C=O) groups is 1. The molecule has 0 aliphatic carbocycles. The smallest absolute Gasteiger partial charge is 0.279 e. The van der Waals surface area contributed by atoms with E-state index in [0.717, 1.165) is 12.6 Å². The molecule has 2 heterocycles. The Morgan fingerprint density at radius 3 is 3.19 bits per heavy atom. The summed E-state index contributed by atoms with van der Waals surface area (Å²) in [5.41, 5.74) is -1.22. The SMILES string of the molecule is O=C(NC1CCCO1)c1nc(F)c[nH]c1=O. The molecule has 1 saturated heterocycles. The lowest BCUT2D eigenvalue weighted by molar-refractivity contribution is 0.0633. The summed E-state index contributed by atoms with van der Waals surface area (Å²) >= 11 is 0. The average molecular weight is 227 g/mol. The van der Waals surface area contributed by atoms with Gasteiger partial charge in [-0.25, -0.2) is 4.98 Å². The molecule has 1 aromatic rings. The average Bonchev–Trinajstić information content (AvgIpc) is 2.74. The van der Waals surface area contributed by atoms with Crippen molar-refractivity contribution in [2.75, 3.05) is 6.61 Å². The van der Waals surface area contributed by atoms with E-state index < -0.39 is 29.3 Å². The number of rotatable bonds is 2. The van der Waals surface area contributed by atoms with Gasteiger partial charge < -0.3 is 15.0 Å². The van der Waals surface area contributed by atoms with Gasteiger partial charge in [0.25, 0.3) is 11.5 Å². The first-order valence-electron chi connectivity index (χ1n) is 4.84. The van der Waals surface area contributed by atoms with Crippen molar-refractivity contribution in [3.05, 3.63) is 28.2 Å². The monoisotopic (exact) mass is 227 g/mol. The predicted octanol–water partition coefficient (Wildman–Crippen LogP) is -0.225. The van der Waals surface area contributed by atoms with Crippen molar-refractivity contribution in [3.63, 3.8) is 0 Å². The zero-order chi connectivity index (χ0) is 11.5. The quantitative estimate of drug-likeness (QED) is 0.731. The second-order valence-electron chi connectivity index (χ2n) is 3.38. The van der Waals surface area contributed by atoms with E-state index in [-0.39, 0.29) is 0 Å². The fraction of sp³-hybridized carbons (Fsp3) is 0.444. The first kappa shape index (κ1) is 10.7. The van der Waals surface area contributed by atoms with Gasteiger partial charge in [0.1, 0.15) is 6.23 Å². The van der Waals surface area contributed by atoms with Crippen LogP contribution in [0.4, 0.5) is 4.39 Å². The van der Waals surface area contributed by atoms with E-state index in [4.69, 9.17) is 4.74 Å². The molecule has 2 rings (SSSR count). The van der Waals surface area contributed by atoms with Crippen LogP contribution in [0.1, 0.15) is 23.3 Å². The minimum absolute atomic E-state index is 0.419. The molecule has 0 radical (unpaired) electrons. The van der Waals surface area contributed by atoms with Crippen LogP contribution in [-0.2, 0) is 4.74 Å². The summed E-state index contributed by atoms with van der Waals surface area (Å²) in [7, 11) is 0. The maximum absolute atomic E-state index is 12.7. The van der Waals surface area contributed by atoms with Crippen molar-refractivity contribution in [3.8, 4) is 0 Å². The van der Waals surface area contributed by atoms with Crippen molar-refractivity contribution < 1.29 is 13.9 Å². The Balaban J connectivity index is 2.13. The highest BCUT2D eigenvalue weighted by Crippen LogP contribution is 2.09. The summed E-state index contributed by atoms with van der Waals surface area (Å²) in [6.07, 6.45) is 1.90. The number of nitrogens with one attached hydrogen (secondary N) is 2. The fourth-order valence-electron chi connectivity index (χ4n) is 1.44. The van der Waals surface area contributed by atoms with Crippen LogP contribution in [0.15, 0.2) is 11.0 Å². The normalized spacial score (nSPS) is 19.7. The molecule has 1 fully saturated rings. The molecule has 16 heavy (non-hydrogen) atoms. The molecular formula is C9H10FN3O3. The molecule has 1 aromatic heterocycles. The molecule has 0 saturated carbocycles. The van der Waals surface area contributed by atoms with Gasteiger partial charge in [-0.1, -0.05) is 0 Å². The lowest BCUT2D eigenvalue weighted by Gasteiger charge is -2.10. The fourth-order valence-corrected chi connectivity index (χ4v) is 1.44. The summed E-state index contributed by atoms with van der Waals surface area (Å²) in [6, 6.07) is 0. The number of halogens is 1. The van der Waals surface area contributed by atoms with Gasteiger partial charge in [0.15, 0.2) is 5.69 Å². The molecule has 1 atom stereocenters. The first-order chi connectivity index (χ1) is 7.66. The Labute approximate surface area is 89.8 Å². The first-order valence-corrected chi connectivity index (χ1v) is 4.84. The number of carbonyl (C=O) groups excluding carboxylic acids is 1. The zero-order valence-electron chi connectivity index (χ0n) is 8.33. The summed E-state index contributed by atoms with van der Waals surface area (Å²) in [4.78, 5) is 28.0. The minimum atomic E-state index is -0.905. The van der Waals surface area contributed by atoms with E-state index in [1.807, 2.05) is 0 Å². The van der Waals surface area contributed by atoms with Crippen LogP contribution in [-0.4, -0.2) is 28.7 Å². The van der Waals surface area contributed by atoms with Crippen LogP contribution in [0.3, 0.4) is 0 Å². The number of aromatic amines is 1. The van der Waals surface area contributed by atoms with Crippen molar-refractivity contribution in [2.24, 2.45) is 0 Å². The largest absolute Gasteiger partial charge is 0.359 e. The summed E-state index contributed by atoms with van der Waals surface area (Å²) < 4.78 is 17.9. The van der Waals surface area contributed by atoms with E-state index in [1.165, 1.54) is 0 Å². The van der Waals surface area contributed by atoms with E-state index >= 15 is 0 Å². The van der Waals surface area contributed by atoms with E-state index in [1.54, 1.807) is 0 Å². The Bertz CT molecular complexity index is 454. The lowest BCUT2D eigenvalue weighted by Crippen LogP contribution is -2.38. The molecule has 1 unspecified atom stereocenters. The lowest BCUT2D eigenvalue weighted by atomic mass is 10.3. The zero-order valence-corrected chi connectivity index (χ0v) is 8.33. The highest BCUT2D eigenvalue weighted by Gasteiger charge is 2.21. The molecule has 0 spiro atoms. The third kappa shape index (κ3) is 2.25. The Morgan fingerprint density at radius 2 is 2.50 bits per heavy atom. The molecule has 86 valence electrons. The topological polar surface area (TPSA) is 84.1 Å². The van der Waals surface area contributed by atoms with Crippen molar-refractivity contribution in [2.45, 2.75) is 19.1 Å². The van der Waals surface area contributed by atoms with Gasteiger partial charge >= 0.3 is 0 Å². The third-order valence-corrected chi connectivity index (χ3v) is 2.19. The number of aromatic nitrogens is 2. The Hall–Kier alpha value is -1.76. The Kier molecular flexibility index (Phi) is 2.95. The van der Waals surface area contributed by atoms with Gasteiger partial charge in [-0.05, 0) is 12.8 Å². The molecule has 6 nitrogen and oxygen atoms in total. The maximum Gasteiger partial charge on any atom is 0.279 e. The molecule has 0 aromatic carbocycles. The van der Waals surface area contributed by atoms with Crippen LogP contribution < -0.4 is 10.9 Å². The molecule has 1 amide bonds. The third-order valence-electron chi connectivity index (χ3n) is 2.19. The standard InChI is InChI=1S/C9H10FN3O3/c10-5-4-11-8(14)7(12-5)9(15)13-6-2-1-3-16-6/h4,6H,1-3H2,(H,11,14)(H,13,15). The molecule has 0 bridgehead atoms. The van der Waals surface area contributed by atoms with Crippen LogP contribution in [0, 0.1) is 5.95 Å². The molecule has 1 aliphatic rings. The highest BCUT2D eigenvalue weighted by molar-refractivity contribution is 5.91. The van der Waals surface area contributed by atoms with E-state index in [0.29, 0.717) is 13.0 Å². The highest BCUT2D eigenvalue weighted by atomic mass is 19.1. The van der Waals surface area contributed by atoms with Gasteiger partial charge in [-0.15, -0.1) is 0 Å². The van der Waals surface area contributed by atoms with Crippen LogP contribution in [0.25, 0.3) is 0 Å². The summed E-state index contributed by atoms with van der Waals surface area (Å²) in [5.74, 6) is -1.63. The van der Waals surface area contributed by atoms with Gasteiger partial charge in [-0.3, -0.25) is 9.59 Å². The molecule has 1 aliphatic heterocycles. The second kappa shape index (κ2) is 4.40.